The molecule has 8 heteroatoms. The van der Waals surface area contributed by atoms with Gasteiger partial charge in [0.1, 0.15) is 6.04 Å². The normalized spacial score (nSPS) is 13.0. The van der Waals surface area contributed by atoms with E-state index in [1.54, 1.807) is 4.90 Å². The number of carboxylic acids is 1. The number of likely N-dealkylation sites (N-methyl/N-ethyl adjacent to an activating group) is 2. The molecule has 1 aromatic heterocycles. The molecule has 0 fully saturated rings. The molecule has 0 bridgehead atoms. The molecule has 0 aliphatic heterocycles. The van der Waals surface area contributed by atoms with Crippen molar-refractivity contribution < 1.29 is 14.7 Å². The van der Waals surface area contributed by atoms with Crippen LogP contribution >= 0.6 is 0 Å². The number of hydrogen-bond acceptors (Lipinski definition) is 5. The van der Waals surface area contributed by atoms with Crippen LogP contribution in [0, 0.1) is 0 Å². The first-order valence-corrected chi connectivity index (χ1v) is 15.6. The van der Waals surface area contributed by atoms with Crippen LogP contribution < -0.4 is 5.43 Å². The monoisotopic (exact) mass is 597 g/mol. The molecular formula is C36H47N5O3. The Morgan fingerprint density at radius 1 is 0.886 bits per heavy atom. The molecule has 0 spiro atoms. The van der Waals surface area contributed by atoms with Crippen LogP contribution in [0.2, 0.25) is 0 Å². The lowest BCUT2D eigenvalue weighted by atomic mass is 9.95. The Bertz CT molecular complexity index is 1470. The summed E-state index contributed by atoms with van der Waals surface area (Å²) in [6, 6.07) is 27.6. The standard InChI is InChI=1S/C36H47N5O3/c1-5-41(34(25-28-15-8-6-9-16-28)35(42)39(4)26-29-17-10-7-11-18-29)37-22-21-31(36(43)44)32-27-40(24-14-23-38(2)3)33-20-13-12-19-30(32)33/h6-13,15-20,27,31,34,37H,5,14,21-26H2,1-4H3,(H,43,44)/t31?,34-/m0/s1. The van der Waals surface area contributed by atoms with E-state index in [1.165, 1.54) is 0 Å². The highest BCUT2D eigenvalue weighted by Crippen LogP contribution is 2.30. The summed E-state index contributed by atoms with van der Waals surface area (Å²) >= 11 is 0. The van der Waals surface area contributed by atoms with Gasteiger partial charge in [-0.2, -0.15) is 0 Å². The van der Waals surface area contributed by atoms with E-state index in [0.717, 1.165) is 47.1 Å². The Morgan fingerprint density at radius 2 is 1.52 bits per heavy atom. The van der Waals surface area contributed by atoms with Crippen LogP contribution in [-0.2, 0) is 29.1 Å². The molecule has 4 aromatic rings. The Balaban J connectivity index is 1.50. The zero-order valence-electron chi connectivity index (χ0n) is 26.5. The molecule has 0 aliphatic carbocycles. The summed E-state index contributed by atoms with van der Waals surface area (Å²) < 4.78 is 2.19. The second-order valence-electron chi connectivity index (χ2n) is 11.7. The van der Waals surface area contributed by atoms with Crippen molar-refractivity contribution in [3.8, 4) is 0 Å². The molecule has 3 aromatic carbocycles. The highest BCUT2D eigenvalue weighted by atomic mass is 16.4. The van der Waals surface area contributed by atoms with Crippen molar-refractivity contribution in [1.82, 2.24) is 24.8 Å². The van der Waals surface area contributed by atoms with Crippen molar-refractivity contribution in [1.29, 1.82) is 0 Å². The number of nitrogens with zero attached hydrogens (tertiary/aromatic N) is 4. The molecule has 234 valence electrons. The predicted octanol–water partition coefficient (Wildman–Crippen LogP) is 5.25. The molecule has 0 saturated carbocycles. The highest BCUT2D eigenvalue weighted by Gasteiger charge is 2.29. The number of benzene rings is 3. The molecule has 44 heavy (non-hydrogen) atoms. The number of aromatic nitrogens is 1. The molecule has 2 atom stereocenters. The number of aliphatic carboxylic acids is 1. The Labute approximate surface area is 261 Å². The fourth-order valence-electron chi connectivity index (χ4n) is 5.86. The van der Waals surface area contributed by atoms with E-state index in [4.69, 9.17) is 0 Å². The van der Waals surface area contributed by atoms with Gasteiger partial charge in [0.15, 0.2) is 0 Å². The van der Waals surface area contributed by atoms with Crippen LogP contribution in [-0.4, -0.2) is 83.2 Å². The van der Waals surface area contributed by atoms with Crippen molar-refractivity contribution in [2.75, 3.05) is 40.8 Å². The molecule has 0 aliphatic rings. The maximum atomic E-state index is 13.9. The number of rotatable bonds is 17. The van der Waals surface area contributed by atoms with Crippen LogP contribution in [0.1, 0.15) is 42.4 Å². The Kier molecular flexibility index (Phi) is 12.1. The number of amides is 1. The van der Waals surface area contributed by atoms with E-state index < -0.39 is 17.9 Å². The third-order valence-electron chi connectivity index (χ3n) is 8.16. The summed E-state index contributed by atoms with van der Waals surface area (Å²) in [6.45, 7) is 5.34. The molecule has 1 heterocycles. The number of aryl methyl sites for hydroxylation is 1. The molecule has 2 N–H and O–H groups in total. The second kappa shape index (κ2) is 16.2. The van der Waals surface area contributed by atoms with Gasteiger partial charge in [-0.25, -0.2) is 5.01 Å². The number of para-hydroxylation sites is 1. The highest BCUT2D eigenvalue weighted by molar-refractivity contribution is 5.90. The quantitative estimate of drug-likeness (QED) is 0.162. The zero-order chi connectivity index (χ0) is 31.5. The van der Waals surface area contributed by atoms with Gasteiger partial charge in [0.2, 0.25) is 5.91 Å². The number of hydrogen-bond donors (Lipinski definition) is 2. The Hall–Kier alpha value is -3.98. The topological polar surface area (TPSA) is 81.0 Å². The lowest BCUT2D eigenvalue weighted by molar-refractivity contribution is -0.140. The van der Waals surface area contributed by atoms with Crippen molar-refractivity contribution in [3.63, 3.8) is 0 Å². The van der Waals surface area contributed by atoms with Gasteiger partial charge >= 0.3 is 5.97 Å². The van der Waals surface area contributed by atoms with E-state index >= 15 is 0 Å². The van der Waals surface area contributed by atoms with E-state index in [-0.39, 0.29) is 5.91 Å². The lowest BCUT2D eigenvalue weighted by Crippen LogP contribution is -2.54. The molecule has 1 amide bonds. The average Bonchev–Trinajstić information content (AvgIpc) is 3.38. The van der Waals surface area contributed by atoms with Crippen LogP contribution in [0.4, 0.5) is 0 Å². The predicted molar refractivity (Wildman–Crippen MR) is 177 cm³/mol. The molecule has 0 radical (unpaired) electrons. The summed E-state index contributed by atoms with van der Waals surface area (Å²) in [5, 5.41) is 13.3. The van der Waals surface area contributed by atoms with Crippen LogP contribution in [0.25, 0.3) is 10.9 Å². The molecule has 1 unspecified atom stereocenters. The maximum Gasteiger partial charge on any atom is 0.311 e. The van der Waals surface area contributed by atoms with Gasteiger partial charge in [0.25, 0.3) is 0 Å². The molecule has 0 saturated heterocycles. The number of carbonyl (C=O) groups excluding carboxylic acids is 1. The average molecular weight is 598 g/mol. The SMILES string of the molecule is CCN(NCCC(C(=O)O)c1cn(CCCN(C)C)c2ccccc12)[C@@H](Cc1ccccc1)C(=O)N(C)Cc1ccccc1. The van der Waals surface area contributed by atoms with Crippen molar-refractivity contribution in [2.24, 2.45) is 0 Å². The van der Waals surface area contributed by atoms with Gasteiger partial charge in [-0.3, -0.25) is 15.0 Å². The minimum absolute atomic E-state index is 0.0163. The maximum absolute atomic E-state index is 13.9. The second-order valence-corrected chi connectivity index (χ2v) is 11.7. The summed E-state index contributed by atoms with van der Waals surface area (Å²) in [4.78, 5) is 30.5. The van der Waals surface area contributed by atoms with Gasteiger partial charge in [-0.15, -0.1) is 0 Å². The number of nitrogens with one attached hydrogen (secondary N) is 1. The van der Waals surface area contributed by atoms with Gasteiger partial charge < -0.3 is 19.5 Å². The van der Waals surface area contributed by atoms with E-state index in [1.807, 2.05) is 104 Å². The van der Waals surface area contributed by atoms with Crippen molar-refractivity contribution in [2.45, 2.75) is 51.2 Å². The summed E-state index contributed by atoms with van der Waals surface area (Å²) in [6.07, 6.45) is 3.94. The summed E-state index contributed by atoms with van der Waals surface area (Å²) in [5.41, 5.74) is 7.50. The van der Waals surface area contributed by atoms with Gasteiger partial charge in [0.05, 0.1) is 5.92 Å². The number of carbonyl (C=O) groups is 2. The fraction of sp³-hybridized carbons (Fsp3) is 0.389. The van der Waals surface area contributed by atoms with Crippen molar-refractivity contribution in [3.05, 3.63) is 108 Å². The minimum Gasteiger partial charge on any atom is -0.481 e. The van der Waals surface area contributed by atoms with Gasteiger partial charge in [0, 0.05) is 50.3 Å². The molecule has 8 nitrogen and oxygen atoms in total. The third kappa shape index (κ3) is 8.78. The fourth-order valence-corrected chi connectivity index (χ4v) is 5.86. The first-order chi connectivity index (χ1) is 21.3. The smallest absolute Gasteiger partial charge is 0.311 e. The number of carboxylic acid groups (broad SMARTS) is 1. The molecular weight excluding hydrogens is 550 g/mol. The molecule has 4 rings (SSSR count). The van der Waals surface area contributed by atoms with Crippen molar-refractivity contribution >= 4 is 22.8 Å². The van der Waals surface area contributed by atoms with Crippen LogP contribution in [0.5, 0.6) is 0 Å². The number of hydrazine groups is 1. The zero-order valence-corrected chi connectivity index (χ0v) is 26.5. The van der Waals surface area contributed by atoms with E-state index in [2.05, 4.69) is 35.1 Å². The van der Waals surface area contributed by atoms with Gasteiger partial charge in [-0.1, -0.05) is 85.8 Å². The first-order valence-electron chi connectivity index (χ1n) is 15.6. The van der Waals surface area contributed by atoms with E-state index in [0.29, 0.717) is 32.5 Å². The van der Waals surface area contributed by atoms with Crippen LogP contribution in [0.3, 0.4) is 0 Å². The summed E-state index contributed by atoms with van der Waals surface area (Å²) in [7, 11) is 5.97. The first kappa shape index (κ1) is 32.9. The largest absolute Gasteiger partial charge is 0.481 e. The Morgan fingerprint density at radius 3 is 2.16 bits per heavy atom. The minimum atomic E-state index is -0.842. The summed E-state index contributed by atoms with van der Waals surface area (Å²) in [5.74, 6) is -1.50. The van der Waals surface area contributed by atoms with E-state index in [9.17, 15) is 14.7 Å². The van der Waals surface area contributed by atoms with Crippen LogP contribution in [0.15, 0.2) is 91.1 Å². The third-order valence-corrected chi connectivity index (χ3v) is 8.16. The lowest BCUT2D eigenvalue weighted by Gasteiger charge is -2.33. The van der Waals surface area contributed by atoms with Gasteiger partial charge in [-0.05, 0) is 62.7 Å². The number of fused-ring (bicyclic) bond motifs is 1.